The first-order valence-corrected chi connectivity index (χ1v) is 8.08. The summed E-state index contributed by atoms with van der Waals surface area (Å²) in [4.78, 5) is 16.3. The van der Waals surface area contributed by atoms with E-state index in [0.29, 0.717) is 6.54 Å². The highest BCUT2D eigenvalue weighted by Crippen LogP contribution is 2.37. The lowest BCUT2D eigenvalue weighted by Crippen LogP contribution is -2.51. The van der Waals surface area contributed by atoms with Crippen LogP contribution < -0.4 is 4.90 Å². The molecule has 0 atom stereocenters. The Kier molecular flexibility index (Phi) is 4.13. The molecule has 0 spiro atoms. The molecule has 2 heterocycles. The fraction of sp³-hybridized carbons (Fsp3) is 0.562. The fourth-order valence-corrected chi connectivity index (χ4v) is 3.62. The minimum Gasteiger partial charge on any atom is -0.381 e. The van der Waals surface area contributed by atoms with Crippen LogP contribution in [0.15, 0.2) is 24.3 Å². The van der Waals surface area contributed by atoms with Crippen molar-refractivity contribution in [3.63, 3.8) is 0 Å². The van der Waals surface area contributed by atoms with E-state index < -0.39 is 0 Å². The molecule has 114 valence electrons. The number of amides is 2. The third kappa shape index (κ3) is 2.77. The summed E-state index contributed by atoms with van der Waals surface area (Å²) in [5, 5.41) is 0. The molecule has 0 radical (unpaired) electrons. The Morgan fingerprint density at radius 3 is 2.71 bits per heavy atom. The first kappa shape index (κ1) is 14.7. The average Bonchev–Trinajstić information content (AvgIpc) is 2.53. The van der Waals surface area contributed by atoms with E-state index in [1.807, 2.05) is 30.1 Å². The molecular formula is C16H22N2O2S. The molecule has 21 heavy (non-hydrogen) atoms. The second-order valence-corrected chi connectivity index (χ2v) is 6.44. The van der Waals surface area contributed by atoms with Crippen LogP contribution in [0.1, 0.15) is 18.4 Å². The number of hydrogen-bond donors (Lipinski definition) is 1. The van der Waals surface area contributed by atoms with E-state index in [9.17, 15) is 4.79 Å². The molecule has 0 unspecified atom stereocenters. The van der Waals surface area contributed by atoms with Gasteiger partial charge in [0.05, 0.1) is 5.69 Å². The van der Waals surface area contributed by atoms with Gasteiger partial charge in [0.25, 0.3) is 0 Å². The van der Waals surface area contributed by atoms with Crippen LogP contribution in [-0.4, -0.2) is 43.5 Å². The molecule has 2 aliphatic rings. The SMILES string of the molecule is CN1Cc2ccccc2N(CC2(CS)CCOCC2)C1=O. The van der Waals surface area contributed by atoms with Crippen molar-refractivity contribution in [2.75, 3.05) is 37.5 Å². The first-order valence-electron chi connectivity index (χ1n) is 7.44. The molecule has 2 amide bonds. The van der Waals surface area contributed by atoms with Gasteiger partial charge in [-0.3, -0.25) is 4.90 Å². The maximum Gasteiger partial charge on any atom is 0.324 e. The number of fused-ring (bicyclic) bond motifs is 1. The number of para-hydroxylation sites is 1. The minimum atomic E-state index is 0.0578. The van der Waals surface area contributed by atoms with Crippen LogP contribution >= 0.6 is 12.6 Å². The first-order chi connectivity index (χ1) is 10.2. The van der Waals surface area contributed by atoms with Gasteiger partial charge in [-0.05, 0) is 30.2 Å². The lowest BCUT2D eigenvalue weighted by atomic mass is 9.81. The van der Waals surface area contributed by atoms with Crippen molar-refractivity contribution in [2.45, 2.75) is 19.4 Å². The highest BCUT2D eigenvalue weighted by molar-refractivity contribution is 7.80. The highest BCUT2D eigenvalue weighted by Gasteiger charge is 2.38. The maximum atomic E-state index is 12.6. The normalized spacial score (nSPS) is 21.3. The van der Waals surface area contributed by atoms with E-state index >= 15 is 0 Å². The predicted molar refractivity (Wildman–Crippen MR) is 87.0 cm³/mol. The monoisotopic (exact) mass is 306 g/mol. The lowest BCUT2D eigenvalue weighted by molar-refractivity contribution is 0.0297. The van der Waals surface area contributed by atoms with Crippen molar-refractivity contribution < 1.29 is 9.53 Å². The summed E-state index contributed by atoms with van der Waals surface area (Å²) in [6.07, 6.45) is 1.93. The molecule has 1 fully saturated rings. The van der Waals surface area contributed by atoms with Crippen molar-refractivity contribution >= 4 is 24.3 Å². The molecule has 1 aromatic carbocycles. The van der Waals surface area contributed by atoms with Gasteiger partial charge < -0.3 is 9.64 Å². The van der Waals surface area contributed by atoms with Gasteiger partial charge in [-0.25, -0.2) is 4.79 Å². The topological polar surface area (TPSA) is 32.8 Å². The molecule has 4 nitrogen and oxygen atoms in total. The van der Waals surface area contributed by atoms with Crippen LogP contribution in [0.5, 0.6) is 0 Å². The number of benzene rings is 1. The Morgan fingerprint density at radius 1 is 1.29 bits per heavy atom. The Bertz CT molecular complexity index is 529. The van der Waals surface area contributed by atoms with Crippen LogP contribution in [0.4, 0.5) is 10.5 Å². The van der Waals surface area contributed by atoms with E-state index in [-0.39, 0.29) is 11.4 Å². The standard InChI is InChI=1S/C16H22N2O2S/c1-17-10-13-4-2-3-5-14(13)18(15(17)19)11-16(12-21)6-8-20-9-7-16/h2-5,21H,6-12H2,1H3. The number of carbonyl (C=O) groups is 1. The minimum absolute atomic E-state index is 0.0578. The van der Waals surface area contributed by atoms with Crippen molar-refractivity contribution in [2.24, 2.45) is 5.41 Å². The Morgan fingerprint density at radius 2 is 2.00 bits per heavy atom. The van der Waals surface area contributed by atoms with E-state index in [0.717, 1.165) is 44.0 Å². The summed E-state index contributed by atoms with van der Waals surface area (Å²) in [6.45, 7) is 2.93. The molecular weight excluding hydrogens is 284 g/mol. The molecule has 0 aliphatic carbocycles. The molecule has 0 N–H and O–H groups in total. The van der Waals surface area contributed by atoms with E-state index in [1.54, 1.807) is 4.90 Å². The zero-order chi connectivity index (χ0) is 14.9. The zero-order valence-electron chi connectivity index (χ0n) is 12.4. The molecule has 5 heteroatoms. The predicted octanol–water partition coefficient (Wildman–Crippen LogP) is 2.79. The van der Waals surface area contributed by atoms with Gasteiger partial charge >= 0.3 is 6.03 Å². The van der Waals surface area contributed by atoms with E-state index in [2.05, 4.69) is 18.7 Å². The number of ether oxygens (including phenoxy) is 1. The number of urea groups is 1. The Labute approximate surface area is 131 Å². The largest absolute Gasteiger partial charge is 0.381 e. The number of anilines is 1. The summed E-state index contributed by atoms with van der Waals surface area (Å²) < 4.78 is 5.49. The van der Waals surface area contributed by atoms with Gasteiger partial charge in [-0.2, -0.15) is 12.6 Å². The lowest BCUT2D eigenvalue weighted by Gasteiger charge is -2.43. The number of thiol groups is 1. The van der Waals surface area contributed by atoms with E-state index in [4.69, 9.17) is 4.74 Å². The smallest absolute Gasteiger partial charge is 0.324 e. The molecule has 0 aromatic heterocycles. The highest BCUT2D eigenvalue weighted by atomic mass is 32.1. The molecule has 2 aliphatic heterocycles. The van der Waals surface area contributed by atoms with Crippen LogP contribution in [0.3, 0.4) is 0 Å². The van der Waals surface area contributed by atoms with Gasteiger partial charge in [0.1, 0.15) is 0 Å². The van der Waals surface area contributed by atoms with Gasteiger partial charge in [-0.15, -0.1) is 0 Å². The number of rotatable bonds is 3. The zero-order valence-corrected chi connectivity index (χ0v) is 13.3. The summed E-state index contributed by atoms with van der Waals surface area (Å²) in [5.41, 5.74) is 2.32. The van der Waals surface area contributed by atoms with Crippen molar-refractivity contribution in [1.82, 2.24) is 4.90 Å². The average molecular weight is 306 g/mol. The van der Waals surface area contributed by atoms with Crippen LogP contribution in [0.2, 0.25) is 0 Å². The molecule has 0 saturated carbocycles. The van der Waals surface area contributed by atoms with Gasteiger partial charge in [0.2, 0.25) is 0 Å². The van der Waals surface area contributed by atoms with Crippen LogP contribution in [-0.2, 0) is 11.3 Å². The van der Waals surface area contributed by atoms with Crippen LogP contribution in [0, 0.1) is 5.41 Å². The molecule has 1 saturated heterocycles. The van der Waals surface area contributed by atoms with Crippen LogP contribution in [0.25, 0.3) is 0 Å². The summed E-state index contributed by atoms with van der Waals surface area (Å²) in [6, 6.07) is 8.26. The summed E-state index contributed by atoms with van der Waals surface area (Å²) >= 11 is 4.56. The van der Waals surface area contributed by atoms with Crippen molar-refractivity contribution in [3.05, 3.63) is 29.8 Å². The molecule has 3 rings (SSSR count). The third-order valence-electron chi connectivity index (χ3n) is 4.63. The van der Waals surface area contributed by atoms with Crippen molar-refractivity contribution in [3.8, 4) is 0 Å². The molecule has 1 aromatic rings. The van der Waals surface area contributed by atoms with Crippen molar-refractivity contribution in [1.29, 1.82) is 0 Å². The third-order valence-corrected chi connectivity index (χ3v) is 5.30. The number of carbonyl (C=O) groups excluding carboxylic acids is 1. The number of hydrogen-bond acceptors (Lipinski definition) is 3. The second-order valence-electron chi connectivity index (χ2n) is 6.12. The van der Waals surface area contributed by atoms with E-state index in [1.165, 1.54) is 5.56 Å². The Balaban J connectivity index is 1.91. The van der Waals surface area contributed by atoms with Gasteiger partial charge in [-0.1, -0.05) is 18.2 Å². The number of nitrogens with zero attached hydrogens (tertiary/aromatic N) is 2. The maximum absolute atomic E-state index is 12.6. The van der Waals surface area contributed by atoms with Gasteiger partial charge in [0, 0.05) is 38.8 Å². The quantitative estimate of drug-likeness (QED) is 0.871. The Hall–Kier alpha value is -1.20. The molecule has 0 bridgehead atoms. The summed E-state index contributed by atoms with van der Waals surface area (Å²) in [7, 11) is 1.86. The summed E-state index contributed by atoms with van der Waals surface area (Å²) in [5.74, 6) is 0.784. The second kappa shape index (κ2) is 5.89. The fourth-order valence-electron chi connectivity index (χ4n) is 3.20. The van der Waals surface area contributed by atoms with Gasteiger partial charge in [0.15, 0.2) is 0 Å².